The molecule has 1 unspecified atom stereocenters. The quantitative estimate of drug-likeness (QED) is 0.502. The van der Waals surface area contributed by atoms with Crippen LogP contribution in [0.25, 0.3) is 10.2 Å². The fourth-order valence-corrected chi connectivity index (χ4v) is 4.32. The zero-order chi connectivity index (χ0) is 20.4. The Balaban J connectivity index is 1.45. The molecule has 1 N–H and O–H groups in total. The summed E-state index contributed by atoms with van der Waals surface area (Å²) in [5.74, 6) is -0.0670. The zero-order valence-electron chi connectivity index (χ0n) is 16.3. The molecule has 1 amide bonds. The van der Waals surface area contributed by atoms with Crippen molar-refractivity contribution in [2.24, 2.45) is 5.92 Å². The van der Waals surface area contributed by atoms with Gasteiger partial charge < -0.3 is 5.32 Å². The van der Waals surface area contributed by atoms with Gasteiger partial charge in [0, 0.05) is 30.9 Å². The lowest BCUT2D eigenvalue weighted by atomic mass is 10.2. The molecule has 8 heteroatoms. The summed E-state index contributed by atoms with van der Waals surface area (Å²) in [4.78, 5) is 14.3. The summed E-state index contributed by atoms with van der Waals surface area (Å²) < 4.78 is 16.9. The first kappa shape index (κ1) is 19.3. The largest absolute Gasteiger partial charge is 0.351 e. The molecule has 0 fully saturated rings. The van der Waals surface area contributed by atoms with E-state index >= 15 is 0 Å². The van der Waals surface area contributed by atoms with E-state index in [-0.39, 0.29) is 17.6 Å². The van der Waals surface area contributed by atoms with Crippen LogP contribution >= 0.6 is 11.3 Å². The van der Waals surface area contributed by atoms with Gasteiger partial charge >= 0.3 is 0 Å². The summed E-state index contributed by atoms with van der Waals surface area (Å²) >= 11 is 1.43. The fourth-order valence-electron chi connectivity index (χ4n) is 3.24. The van der Waals surface area contributed by atoms with Crippen molar-refractivity contribution in [1.82, 2.24) is 24.9 Å². The van der Waals surface area contributed by atoms with Crippen LogP contribution in [-0.2, 0) is 13.1 Å². The van der Waals surface area contributed by atoms with E-state index in [0.29, 0.717) is 18.0 Å². The number of thiophene rings is 1. The van der Waals surface area contributed by atoms with Crippen molar-refractivity contribution in [3.8, 4) is 0 Å². The highest BCUT2D eigenvalue weighted by Gasteiger charge is 2.17. The van der Waals surface area contributed by atoms with Crippen LogP contribution in [0.15, 0.2) is 48.8 Å². The van der Waals surface area contributed by atoms with Gasteiger partial charge in [-0.05, 0) is 42.7 Å². The first-order valence-corrected chi connectivity index (χ1v) is 10.3. The van der Waals surface area contributed by atoms with Crippen LogP contribution in [0.1, 0.15) is 27.9 Å². The van der Waals surface area contributed by atoms with Gasteiger partial charge in [-0.1, -0.05) is 19.1 Å². The standard InChI is InChI=1S/C21H22FN5OS/c1-14(12-26-9-3-8-24-26)11-23-20(28)19-10-18-15(2)25-27(21(18)29-19)13-16-4-6-17(22)7-5-16/h3-10,14H,11-13H2,1-2H3,(H,23,28). The number of rotatable bonds is 7. The Morgan fingerprint density at radius 1 is 1.31 bits per heavy atom. The number of fused-ring (bicyclic) bond motifs is 1. The van der Waals surface area contributed by atoms with Crippen LogP contribution in [0, 0.1) is 18.7 Å². The summed E-state index contributed by atoms with van der Waals surface area (Å²) in [6.45, 7) is 5.88. The van der Waals surface area contributed by atoms with Crippen molar-refractivity contribution in [3.63, 3.8) is 0 Å². The maximum absolute atomic E-state index is 13.1. The molecule has 3 heterocycles. The lowest BCUT2D eigenvalue weighted by Gasteiger charge is -2.12. The highest BCUT2D eigenvalue weighted by molar-refractivity contribution is 7.20. The highest BCUT2D eigenvalue weighted by atomic mass is 32.1. The van der Waals surface area contributed by atoms with Gasteiger partial charge in [-0.3, -0.25) is 14.2 Å². The van der Waals surface area contributed by atoms with Crippen LogP contribution in [0.2, 0.25) is 0 Å². The number of nitrogens with zero attached hydrogens (tertiary/aromatic N) is 4. The molecule has 150 valence electrons. The molecule has 1 atom stereocenters. The smallest absolute Gasteiger partial charge is 0.261 e. The maximum Gasteiger partial charge on any atom is 0.261 e. The average Bonchev–Trinajstić information content (AvgIpc) is 3.41. The number of amides is 1. The number of aromatic nitrogens is 4. The Kier molecular flexibility index (Phi) is 5.44. The average molecular weight is 412 g/mol. The van der Waals surface area contributed by atoms with Crippen molar-refractivity contribution in [2.75, 3.05) is 6.54 Å². The van der Waals surface area contributed by atoms with Gasteiger partial charge in [0.25, 0.3) is 5.91 Å². The van der Waals surface area contributed by atoms with E-state index in [1.165, 1.54) is 23.5 Å². The van der Waals surface area contributed by atoms with Gasteiger partial charge in [0.15, 0.2) is 0 Å². The number of carbonyl (C=O) groups excluding carboxylic acids is 1. The SMILES string of the molecule is Cc1nn(Cc2ccc(F)cc2)c2sc(C(=O)NCC(C)Cn3cccn3)cc12. The molecule has 3 aromatic heterocycles. The van der Waals surface area contributed by atoms with Gasteiger partial charge in [0.05, 0.1) is 17.1 Å². The molecule has 0 aliphatic rings. The number of hydrogen-bond donors (Lipinski definition) is 1. The number of halogens is 1. The van der Waals surface area contributed by atoms with E-state index in [0.717, 1.165) is 28.0 Å². The number of hydrogen-bond acceptors (Lipinski definition) is 4. The predicted molar refractivity (Wildman–Crippen MR) is 112 cm³/mol. The Bertz CT molecular complexity index is 1110. The van der Waals surface area contributed by atoms with Crippen molar-refractivity contribution < 1.29 is 9.18 Å². The van der Waals surface area contributed by atoms with Gasteiger partial charge in [0.1, 0.15) is 10.6 Å². The third-order valence-electron chi connectivity index (χ3n) is 4.75. The lowest BCUT2D eigenvalue weighted by molar-refractivity contribution is 0.0950. The second kappa shape index (κ2) is 8.16. The second-order valence-corrected chi connectivity index (χ2v) is 8.27. The van der Waals surface area contributed by atoms with E-state index in [2.05, 4.69) is 22.4 Å². The third kappa shape index (κ3) is 4.37. The molecular formula is C21H22FN5OS. The van der Waals surface area contributed by atoms with Crippen LogP contribution in [-0.4, -0.2) is 32.0 Å². The maximum atomic E-state index is 13.1. The molecular weight excluding hydrogens is 389 g/mol. The van der Waals surface area contributed by atoms with E-state index in [1.807, 2.05) is 34.6 Å². The normalized spacial score (nSPS) is 12.4. The summed E-state index contributed by atoms with van der Waals surface area (Å²) in [6.07, 6.45) is 3.67. The number of carbonyl (C=O) groups is 1. The molecule has 0 aliphatic carbocycles. The number of nitrogens with one attached hydrogen (secondary N) is 1. The molecule has 0 saturated heterocycles. The van der Waals surface area contributed by atoms with Crippen molar-refractivity contribution in [1.29, 1.82) is 0 Å². The number of aryl methyl sites for hydroxylation is 1. The molecule has 4 aromatic rings. The van der Waals surface area contributed by atoms with Gasteiger partial charge in [0.2, 0.25) is 0 Å². The first-order valence-electron chi connectivity index (χ1n) is 9.46. The van der Waals surface area contributed by atoms with E-state index in [1.54, 1.807) is 18.3 Å². The van der Waals surface area contributed by atoms with E-state index in [4.69, 9.17) is 0 Å². The zero-order valence-corrected chi connectivity index (χ0v) is 17.1. The monoisotopic (exact) mass is 411 g/mol. The molecule has 6 nitrogen and oxygen atoms in total. The Morgan fingerprint density at radius 3 is 2.83 bits per heavy atom. The summed E-state index contributed by atoms with van der Waals surface area (Å²) in [5, 5.41) is 12.8. The minimum Gasteiger partial charge on any atom is -0.351 e. The summed E-state index contributed by atoms with van der Waals surface area (Å²) in [5.41, 5.74) is 1.84. The molecule has 0 spiro atoms. The Labute approximate surface area is 172 Å². The molecule has 4 rings (SSSR count). The molecule has 0 bridgehead atoms. The van der Waals surface area contributed by atoms with Gasteiger partial charge in [-0.25, -0.2) is 4.39 Å². The van der Waals surface area contributed by atoms with Crippen molar-refractivity contribution in [2.45, 2.75) is 26.9 Å². The lowest BCUT2D eigenvalue weighted by Crippen LogP contribution is -2.29. The van der Waals surface area contributed by atoms with E-state index in [9.17, 15) is 9.18 Å². The third-order valence-corrected chi connectivity index (χ3v) is 5.89. The number of benzene rings is 1. The van der Waals surface area contributed by atoms with Crippen molar-refractivity contribution in [3.05, 3.63) is 70.7 Å². The van der Waals surface area contributed by atoms with Crippen LogP contribution in [0.5, 0.6) is 0 Å². The van der Waals surface area contributed by atoms with Crippen molar-refractivity contribution >= 4 is 27.5 Å². The topological polar surface area (TPSA) is 64.7 Å². The second-order valence-electron chi connectivity index (χ2n) is 7.24. The van der Waals surface area contributed by atoms with Gasteiger partial charge in [-0.15, -0.1) is 11.3 Å². The Hall–Kier alpha value is -3.00. The van der Waals surface area contributed by atoms with Gasteiger partial charge in [-0.2, -0.15) is 10.2 Å². The molecule has 1 aromatic carbocycles. The minimum atomic E-state index is -0.257. The first-order chi connectivity index (χ1) is 14.0. The van der Waals surface area contributed by atoms with Crippen LogP contribution in [0.4, 0.5) is 4.39 Å². The molecule has 0 aliphatic heterocycles. The Morgan fingerprint density at radius 2 is 2.10 bits per heavy atom. The fraction of sp³-hybridized carbons (Fsp3) is 0.286. The van der Waals surface area contributed by atoms with E-state index < -0.39 is 0 Å². The molecule has 0 saturated carbocycles. The highest BCUT2D eigenvalue weighted by Crippen LogP contribution is 2.29. The van der Waals surface area contributed by atoms with Crippen LogP contribution < -0.4 is 5.32 Å². The molecule has 0 radical (unpaired) electrons. The minimum absolute atomic E-state index is 0.0775. The summed E-state index contributed by atoms with van der Waals surface area (Å²) in [6, 6.07) is 10.2. The molecule has 29 heavy (non-hydrogen) atoms. The van der Waals surface area contributed by atoms with Crippen LogP contribution in [0.3, 0.4) is 0 Å². The summed E-state index contributed by atoms with van der Waals surface area (Å²) in [7, 11) is 0. The predicted octanol–water partition coefficient (Wildman–Crippen LogP) is 3.86.